The van der Waals surface area contributed by atoms with Crippen molar-refractivity contribution in [3.8, 4) is 0 Å². The molecular weight excluding hydrogens is 666 g/mol. The predicted octanol–water partition coefficient (Wildman–Crippen LogP) is 8.86. The number of nitrogens with one attached hydrogen (secondary N) is 1. The Morgan fingerprint density at radius 1 is 0.623 bits per heavy atom. The summed E-state index contributed by atoms with van der Waals surface area (Å²) in [5.41, 5.74) is 1.24. The number of aliphatic hydroxyl groups excluding tert-OH is 5. The number of hydrogen-bond acceptors (Lipinski definition) is 7. The molecule has 1 aliphatic rings. The van der Waals surface area contributed by atoms with E-state index in [0.717, 1.165) is 38.5 Å². The van der Waals surface area contributed by atoms with Gasteiger partial charge in [-0.05, 0) is 37.7 Å². The highest BCUT2D eigenvalue weighted by Gasteiger charge is 2.44. The van der Waals surface area contributed by atoms with Gasteiger partial charge < -0.3 is 35.6 Å². The van der Waals surface area contributed by atoms with Crippen molar-refractivity contribution in [2.45, 2.75) is 236 Å². The molecule has 53 heavy (non-hydrogen) atoms. The standard InChI is InChI=1S/C45H81NO7/c1-2-3-4-5-6-7-8-9-10-11-12-13-14-15-16-17-18-19-20-21-22-23-27-34-42(49)46-38(35-40-43(50)45(52)44(51)41(36-47)53-40)39(48)33-29-28-32-37-30-25-24-26-31-37/h24-26,30-31,38-41,43-45,47-48,50-52H,2-23,27-29,32-36H2,1H3,(H,46,49)/t38-,39-,40?,41-,43+,44+,45-/m1/s1. The Bertz CT molecular complexity index is 979. The minimum atomic E-state index is -1.49. The highest BCUT2D eigenvalue weighted by molar-refractivity contribution is 5.76. The quantitative estimate of drug-likeness (QED) is 0.0387. The molecule has 1 heterocycles. The molecule has 1 aromatic rings. The highest BCUT2D eigenvalue weighted by atomic mass is 16.5. The summed E-state index contributed by atoms with van der Waals surface area (Å²) in [7, 11) is 0. The number of carbonyl (C=O) groups excluding carboxylic acids is 1. The Morgan fingerprint density at radius 3 is 1.55 bits per heavy atom. The van der Waals surface area contributed by atoms with E-state index in [4.69, 9.17) is 4.74 Å². The number of rotatable bonds is 34. The molecule has 1 saturated heterocycles. The summed E-state index contributed by atoms with van der Waals surface area (Å²) in [5, 5.41) is 54.8. The van der Waals surface area contributed by atoms with Crippen LogP contribution in [0.2, 0.25) is 0 Å². The van der Waals surface area contributed by atoms with E-state index in [0.29, 0.717) is 12.8 Å². The van der Waals surface area contributed by atoms with E-state index in [-0.39, 0.29) is 12.3 Å². The summed E-state index contributed by atoms with van der Waals surface area (Å²) in [6, 6.07) is 9.49. The molecule has 1 unspecified atom stereocenters. The summed E-state index contributed by atoms with van der Waals surface area (Å²) >= 11 is 0. The number of ether oxygens (including phenoxy) is 1. The zero-order chi connectivity index (χ0) is 38.4. The maximum absolute atomic E-state index is 13.0. The Morgan fingerprint density at radius 2 is 1.08 bits per heavy atom. The van der Waals surface area contributed by atoms with Crippen LogP contribution >= 0.6 is 0 Å². The van der Waals surface area contributed by atoms with Crippen LogP contribution in [0.1, 0.15) is 192 Å². The van der Waals surface area contributed by atoms with Crippen LogP contribution in [0.15, 0.2) is 30.3 Å². The second-order valence-electron chi connectivity index (χ2n) is 16.1. The number of benzene rings is 1. The smallest absolute Gasteiger partial charge is 0.220 e. The van der Waals surface area contributed by atoms with Crippen molar-refractivity contribution >= 4 is 5.91 Å². The molecule has 1 aliphatic heterocycles. The second-order valence-corrected chi connectivity index (χ2v) is 16.1. The molecule has 2 rings (SSSR count). The number of amides is 1. The third-order valence-electron chi connectivity index (χ3n) is 11.4. The summed E-state index contributed by atoms with van der Waals surface area (Å²) in [6.07, 6.45) is 26.8. The fourth-order valence-corrected chi connectivity index (χ4v) is 7.81. The lowest BCUT2D eigenvalue weighted by molar-refractivity contribution is -0.232. The molecule has 1 fully saturated rings. The fourth-order valence-electron chi connectivity index (χ4n) is 7.81. The van der Waals surface area contributed by atoms with Gasteiger partial charge in [0.2, 0.25) is 5.91 Å². The van der Waals surface area contributed by atoms with Crippen molar-refractivity contribution in [1.29, 1.82) is 0 Å². The van der Waals surface area contributed by atoms with Gasteiger partial charge in [0.05, 0.1) is 24.9 Å². The molecular formula is C45H81NO7. The van der Waals surface area contributed by atoms with Gasteiger partial charge in [-0.25, -0.2) is 0 Å². The van der Waals surface area contributed by atoms with Gasteiger partial charge in [-0.1, -0.05) is 185 Å². The molecule has 1 amide bonds. The van der Waals surface area contributed by atoms with Crippen LogP contribution in [0, 0.1) is 0 Å². The zero-order valence-electron chi connectivity index (χ0n) is 33.7. The number of hydrogen-bond donors (Lipinski definition) is 6. The maximum Gasteiger partial charge on any atom is 0.220 e. The minimum absolute atomic E-state index is 0.0619. The van der Waals surface area contributed by atoms with Crippen LogP contribution in [0.25, 0.3) is 0 Å². The van der Waals surface area contributed by atoms with Gasteiger partial charge in [0.15, 0.2) is 0 Å². The van der Waals surface area contributed by atoms with E-state index in [9.17, 15) is 30.3 Å². The summed E-state index contributed by atoms with van der Waals surface area (Å²) in [6.45, 7) is 1.77. The van der Waals surface area contributed by atoms with Crippen LogP contribution in [0.3, 0.4) is 0 Å². The summed E-state index contributed by atoms with van der Waals surface area (Å²) in [4.78, 5) is 13.0. The Hall–Kier alpha value is -1.55. The molecule has 0 radical (unpaired) electrons. The van der Waals surface area contributed by atoms with Gasteiger partial charge in [0.1, 0.15) is 24.4 Å². The van der Waals surface area contributed by atoms with Crippen molar-refractivity contribution < 1.29 is 35.1 Å². The third-order valence-corrected chi connectivity index (χ3v) is 11.4. The predicted molar refractivity (Wildman–Crippen MR) is 217 cm³/mol. The van der Waals surface area contributed by atoms with Crippen LogP contribution in [0.5, 0.6) is 0 Å². The molecule has 0 saturated carbocycles. The number of unbranched alkanes of at least 4 members (excludes halogenated alkanes) is 23. The number of carbonyl (C=O) groups is 1. The SMILES string of the molecule is CCCCCCCCCCCCCCCCCCCCCCCCCC(=O)N[C@H](CC1O[C@H](CO)[C@H](O)[C@H](O)[C@H]1O)[C@H](O)CCCCc1ccccc1. The molecule has 0 aliphatic carbocycles. The second kappa shape index (κ2) is 31.6. The first kappa shape index (κ1) is 47.6. The molecule has 7 atom stereocenters. The lowest BCUT2D eigenvalue weighted by atomic mass is 9.89. The molecule has 0 aromatic heterocycles. The van der Waals surface area contributed by atoms with Crippen molar-refractivity contribution in [2.24, 2.45) is 0 Å². The average Bonchev–Trinajstić information content (AvgIpc) is 3.17. The number of aliphatic hydroxyl groups is 5. The first-order valence-corrected chi connectivity index (χ1v) is 22.2. The largest absolute Gasteiger partial charge is 0.394 e. The van der Waals surface area contributed by atoms with Gasteiger partial charge in [-0.3, -0.25) is 4.79 Å². The fraction of sp³-hybridized carbons (Fsp3) is 0.844. The van der Waals surface area contributed by atoms with E-state index >= 15 is 0 Å². The molecule has 1 aromatic carbocycles. The minimum Gasteiger partial charge on any atom is -0.394 e. The molecule has 0 bridgehead atoms. The van der Waals surface area contributed by atoms with Gasteiger partial charge in [0.25, 0.3) is 0 Å². The monoisotopic (exact) mass is 748 g/mol. The van der Waals surface area contributed by atoms with Crippen molar-refractivity contribution in [1.82, 2.24) is 5.32 Å². The molecule has 8 nitrogen and oxygen atoms in total. The van der Waals surface area contributed by atoms with Gasteiger partial charge in [-0.15, -0.1) is 0 Å². The highest BCUT2D eigenvalue weighted by Crippen LogP contribution is 2.26. The first-order valence-electron chi connectivity index (χ1n) is 22.2. The van der Waals surface area contributed by atoms with E-state index in [1.807, 2.05) is 18.2 Å². The Labute approximate surface area is 323 Å². The lowest BCUT2D eigenvalue weighted by Gasteiger charge is -2.41. The first-order chi connectivity index (χ1) is 25.9. The van der Waals surface area contributed by atoms with E-state index in [1.165, 1.54) is 134 Å². The molecule has 0 spiro atoms. The molecule has 6 N–H and O–H groups in total. The maximum atomic E-state index is 13.0. The van der Waals surface area contributed by atoms with Gasteiger partial charge in [-0.2, -0.15) is 0 Å². The van der Waals surface area contributed by atoms with E-state index < -0.39 is 49.3 Å². The van der Waals surface area contributed by atoms with Crippen LogP contribution < -0.4 is 5.32 Å². The average molecular weight is 748 g/mol. The number of aryl methyl sites for hydroxylation is 1. The molecule has 308 valence electrons. The van der Waals surface area contributed by atoms with Crippen LogP contribution in [-0.2, 0) is 16.0 Å². The van der Waals surface area contributed by atoms with Gasteiger partial charge >= 0.3 is 0 Å². The third kappa shape index (κ3) is 22.6. The van der Waals surface area contributed by atoms with Crippen molar-refractivity contribution in [2.75, 3.05) is 6.61 Å². The summed E-state index contributed by atoms with van der Waals surface area (Å²) in [5.74, 6) is -0.147. The Kier molecular flexibility index (Phi) is 28.4. The van der Waals surface area contributed by atoms with Gasteiger partial charge in [0, 0.05) is 6.42 Å². The van der Waals surface area contributed by atoms with Crippen LogP contribution in [-0.4, -0.2) is 80.7 Å². The topological polar surface area (TPSA) is 139 Å². The lowest BCUT2D eigenvalue weighted by Crippen LogP contribution is -2.60. The van der Waals surface area contributed by atoms with E-state index in [1.54, 1.807) is 0 Å². The van der Waals surface area contributed by atoms with Crippen molar-refractivity contribution in [3.63, 3.8) is 0 Å². The van der Waals surface area contributed by atoms with Crippen LogP contribution in [0.4, 0.5) is 0 Å². The van der Waals surface area contributed by atoms with Crippen molar-refractivity contribution in [3.05, 3.63) is 35.9 Å². The molecule has 8 heteroatoms. The summed E-state index contributed by atoms with van der Waals surface area (Å²) < 4.78 is 5.72. The van der Waals surface area contributed by atoms with E-state index in [2.05, 4.69) is 24.4 Å². The normalized spacial score (nSPS) is 21.4. The Balaban J connectivity index is 1.53. The zero-order valence-corrected chi connectivity index (χ0v) is 33.7.